The van der Waals surface area contributed by atoms with Crippen LogP contribution in [0, 0.1) is 0 Å². The van der Waals surface area contributed by atoms with Crippen LogP contribution < -0.4 is 9.46 Å². The molecular weight excluding hydrogens is 374 g/mol. The Labute approximate surface area is 164 Å². The molecule has 140 valence electrons. The third-order valence-corrected chi connectivity index (χ3v) is 5.42. The minimum absolute atomic E-state index is 0.00219. The number of phenols is 1. The first-order valence-corrected chi connectivity index (χ1v) is 9.82. The molecule has 0 saturated heterocycles. The predicted octanol–water partition coefficient (Wildman–Crippen LogP) is 3.91. The van der Waals surface area contributed by atoms with Crippen LogP contribution in [0.1, 0.15) is 16.7 Å². The van der Waals surface area contributed by atoms with Gasteiger partial charge in [-0.3, -0.25) is 9.52 Å². The van der Waals surface area contributed by atoms with E-state index < -0.39 is 16.9 Å². The van der Waals surface area contributed by atoms with Gasteiger partial charge in [-0.05, 0) is 53.9 Å². The van der Waals surface area contributed by atoms with Gasteiger partial charge in [0.15, 0.2) is 11.0 Å². The lowest BCUT2D eigenvalue weighted by Gasteiger charge is -2.09. The summed E-state index contributed by atoms with van der Waals surface area (Å²) in [5.74, 6) is 1.11. The summed E-state index contributed by atoms with van der Waals surface area (Å²) in [6, 6.07) is 22.5. The minimum atomic E-state index is -1.63. The molecule has 1 atom stereocenters. The second-order valence-electron chi connectivity index (χ2n) is 6.33. The molecule has 0 bridgehead atoms. The first kappa shape index (κ1) is 18.0. The number of hydrogen-bond acceptors (Lipinski definition) is 4. The van der Waals surface area contributed by atoms with Crippen LogP contribution >= 0.6 is 0 Å². The lowest BCUT2D eigenvalue weighted by atomic mass is 10.0. The van der Waals surface area contributed by atoms with Gasteiger partial charge in [-0.1, -0.05) is 36.4 Å². The lowest BCUT2D eigenvalue weighted by Crippen LogP contribution is -2.16. The zero-order chi connectivity index (χ0) is 19.5. The lowest BCUT2D eigenvalue weighted by molar-refractivity contribution is -0.114. The molecule has 0 aromatic heterocycles. The third kappa shape index (κ3) is 3.97. The van der Waals surface area contributed by atoms with Gasteiger partial charge in [-0.25, -0.2) is 4.21 Å². The maximum Gasteiger partial charge on any atom is 0.257 e. The molecule has 28 heavy (non-hydrogen) atoms. The molecule has 3 aromatic rings. The molecule has 0 radical (unpaired) electrons. The van der Waals surface area contributed by atoms with E-state index in [0.717, 1.165) is 22.6 Å². The molecule has 1 aliphatic heterocycles. The summed E-state index contributed by atoms with van der Waals surface area (Å²) in [5.41, 5.74) is 2.36. The SMILES string of the molecule is O=C1C=C(c2ccc(Cc3ccc(Oc4ccccc4)cc3)cc2O)S(=O)N1. The molecule has 1 unspecified atom stereocenters. The molecular formula is C22H17NO4S. The molecule has 1 amide bonds. The number of amides is 1. The van der Waals surface area contributed by atoms with Gasteiger partial charge in [0.25, 0.3) is 5.91 Å². The van der Waals surface area contributed by atoms with Crippen molar-refractivity contribution in [2.24, 2.45) is 0 Å². The Hall–Kier alpha value is -3.38. The van der Waals surface area contributed by atoms with Crippen molar-refractivity contribution in [1.29, 1.82) is 0 Å². The summed E-state index contributed by atoms with van der Waals surface area (Å²) in [6.07, 6.45) is 1.87. The van der Waals surface area contributed by atoms with Crippen LogP contribution in [0.5, 0.6) is 17.2 Å². The van der Waals surface area contributed by atoms with Gasteiger partial charge in [-0.15, -0.1) is 0 Å². The highest BCUT2D eigenvalue weighted by atomic mass is 32.2. The van der Waals surface area contributed by atoms with E-state index in [0.29, 0.717) is 12.0 Å². The van der Waals surface area contributed by atoms with E-state index in [1.165, 1.54) is 6.08 Å². The fourth-order valence-corrected chi connectivity index (χ4v) is 3.90. The van der Waals surface area contributed by atoms with Crippen LogP contribution in [0.4, 0.5) is 0 Å². The maximum absolute atomic E-state index is 11.9. The van der Waals surface area contributed by atoms with Gasteiger partial charge >= 0.3 is 0 Å². The van der Waals surface area contributed by atoms with Gasteiger partial charge in [-0.2, -0.15) is 0 Å². The fraction of sp³-hybridized carbons (Fsp3) is 0.0455. The molecule has 6 heteroatoms. The van der Waals surface area contributed by atoms with Crippen LogP contribution in [-0.4, -0.2) is 15.2 Å². The van der Waals surface area contributed by atoms with Crippen molar-refractivity contribution in [3.63, 3.8) is 0 Å². The largest absolute Gasteiger partial charge is 0.507 e. The van der Waals surface area contributed by atoms with E-state index in [1.807, 2.05) is 60.7 Å². The number of aromatic hydroxyl groups is 1. The van der Waals surface area contributed by atoms with Gasteiger partial charge in [0.05, 0.1) is 4.91 Å². The summed E-state index contributed by atoms with van der Waals surface area (Å²) >= 11 is 0. The number of carbonyl (C=O) groups is 1. The molecule has 3 aromatic carbocycles. The Morgan fingerprint density at radius 2 is 1.57 bits per heavy atom. The number of hydrogen-bond donors (Lipinski definition) is 2. The van der Waals surface area contributed by atoms with Crippen molar-refractivity contribution in [2.45, 2.75) is 6.42 Å². The van der Waals surface area contributed by atoms with E-state index in [1.54, 1.807) is 12.1 Å². The smallest absolute Gasteiger partial charge is 0.257 e. The predicted molar refractivity (Wildman–Crippen MR) is 108 cm³/mol. The van der Waals surface area contributed by atoms with E-state index in [4.69, 9.17) is 4.74 Å². The molecule has 0 fully saturated rings. The van der Waals surface area contributed by atoms with E-state index >= 15 is 0 Å². The van der Waals surface area contributed by atoms with Crippen molar-refractivity contribution < 1.29 is 18.8 Å². The Bertz CT molecular complexity index is 1080. The number of ether oxygens (including phenoxy) is 1. The van der Waals surface area contributed by atoms with Gasteiger partial charge in [0.2, 0.25) is 0 Å². The average Bonchev–Trinajstić information content (AvgIpc) is 3.02. The van der Waals surface area contributed by atoms with E-state index in [2.05, 4.69) is 4.72 Å². The zero-order valence-electron chi connectivity index (χ0n) is 14.8. The monoisotopic (exact) mass is 391 g/mol. The zero-order valence-corrected chi connectivity index (χ0v) is 15.6. The molecule has 1 heterocycles. The van der Waals surface area contributed by atoms with Crippen LogP contribution in [0.3, 0.4) is 0 Å². The topological polar surface area (TPSA) is 75.6 Å². The van der Waals surface area contributed by atoms with Crippen molar-refractivity contribution >= 4 is 21.8 Å². The van der Waals surface area contributed by atoms with Crippen LogP contribution in [0.25, 0.3) is 4.91 Å². The molecule has 4 rings (SSSR count). The highest BCUT2D eigenvalue weighted by molar-refractivity contribution is 7.94. The standard InChI is InChI=1S/C22H17NO4S/c24-20-13-16(8-11-19(20)21-14-22(25)23-28(21)26)12-15-6-9-18(10-7-15)27-17-4-2-1-3-5-17/h1-11,13-14,24H,12H2,(H,23,25). The number of carbonyl (C=O) groups excluding carboxylic acids is 1. The number of rotatable bonds is 5. The van der Waals surface area contributed by atoms with Gasteiger partial charge in [0.1, 0.15) is 17.2 Å². The van der Waals surface area contributed by atoms with Crippen molar-refractivity contribution in [2.75, 3.05) is 0 Å². The molecule has 0 spiro atoms. The first-order chi connectivity index (χ1) is 13.6. The Morgan fingerprint density at radius 3 is 2.21 bits per heavy atom. The van der Waals surface area contributed by atoms with Gasteiger partial charge < -0.3 is 9.84 Å². The van der Waals surface area contributed by atoms with Crippen LogP contribution in [-0.2, 0) is 22.2 Å². The van der Waals surface area contributed by atoms with E-state index in [9.17, 15) is 14.1 Å². The number of nitrogens with one attached hydrogen (secondary N) is 1. The quantitative estimate of drug-likeness (QED) is 0.691. The summed E-state index contributed by atoms with van der Waals surface area (Å²) in [6.45, 7) is 0. The summed E-state index contributed by atoms with van der Waals surface area (Å²) < 4.78 is 19.9. The number of benzene rings is 3. The maximum atomic E-state index is 11.9. The fourth-order valence-electron chi connectivity index (χ4n) is 2.96. The molecule has 0 saturated carbocycles. The van der Waals surface area contributed by atoms with E-state index in [-0.39, 0.29) is 10.7 Å². The number of para-hydroxylation sites is 1. The molecule has 5 nitrogen and oxygen atoms in total. The second-order valence-corrected chi connectivity index (χ2v) is 7.51. The highest BCUT2D eigenvalue weighted by Crippen LogP contribution is 2.31. The van der Waals surface area contributed by atoms with Crippen molar-refractivity contribution in [1.82, 2.24) is 4.72 Å². The van der Waals surface area contributed by atoms with Crippen LogP contribution in [0.2, 0.25) is 0 Å². The Morgan fingerprint density at radius 1 is 0.893 bits per heavy atom. The summed E-state index contributed by atoms with van der Waals surface area (Å²) in [7, 11) is -1.63. The molecule has 1 aliphatic rings. The van der Waals surface area contributed by atoms with Crippen molar-refractivity contribution in [3.8, 4) is 17.2 Å². The molecule has 2 N–H and O–H groups in total. The normalized spacial score (nSPS) is 15.8. The highest BCUT2D eigenvalue weighted by Gasteiger charge is 2.23. The third-order valence-electron chi connectivity index (χ3n) is 4.29. The second kappa shape index (κ2) is 7.70. The minimum Gasteiger partial charge on any atom is -0.507 e. The average molecular weight is 391 g/mol. The number of phenolic OH excluding ortho intramolecular Hbond substituents is 1. The van der Waals surface area contributed by atoms with Crippen LogP contribution in [0.15, 0.2) is 78.9 Å². The Kier molecular flexibility index (Phi) is 4.95. The van der Waals surface area contributed by atoms with Crippen molar-refractivity contribution in [3.05, 3.63) is 95.6 Å². The summed E-state index contributed by atoms with van der Waals surface area (Å²) in [5, 5.41) is 10.3. The molecule has 0 aliphatic carbocycles. The first-order valence-electron chi connectivity index (χ1n) is 8.67. The van der Waals surface area contributed by atoms with Gasteiger partial charge in [0, 0.05) is 11.6 Å². The Balaban J connectivity index is 1.47. The summed E-state index contributed by atoms with van der Waals surface area (Å²) in [4.78, 5) is 11.6.